The molecule has 110 valence electrons. The Balaban J connectivity index is 2.02. The first-order valence-electron chi connectivity index (χ1n) is 6.98. The number of halogens is 1. The van der Waals surface area contributed by atoms with Crippen LogP contribution in [-0.4, -0.2) is 10.8 Å². The Morgan fingerprint density at radius 3 is 2.50 bits per heavy atom. The molecule has 3 aromatic rings. The average Bonchev–Trinajstić information content (AvgIpc) is 2.48. The number of hydrogen-bond acceptors (Lipinski definition) is 3. The highest BCUT2D eigenvalue weighted by Crippen LogP contribution is 2.27. The zero-order chi connectivity index (χ0) is 15.7. The van der Waals surface area contributed by atoms with E-state index in [-0.39, 0.29) is 11.6 Å². The Morgan fingerprint density at radius 1 is 1.09 bits per heavy atom. The molecule has 0 atom stereocenters. The van der Waals surface area contributed by atoms with Gasteiger partial charge in [0.05, 0.1) is 5.52 Å². The number of carbonyl (C=O) groups excluding carboxylic acids is 1. The number of Topliss-reactive ketones (excluding diaryl/α,β-unsaturated/α-hetero) is 1. The zero-order valence-electron chi connectivity index (χ0n) is 12.4. The quantitative estimate of drug-likeness (QED) is 0.716. The summed E-state index contributed by atoms with van der Waals surface area (Å²) < 4.78 is 13.5. The summed E-state index contributed by atoms with van der Waals surface area (Å²) in [6, 6.07) is 13.6. The fourth-order valence-corrected chi connectivity index (χ4v) is 2.38. The van der Waals surface area contributed by atoms with Crippen LogP contribution in [0.1, 0.15) is 23.0 Å². The number of carbonyl (C=O) groups is 1. The molecule has 1 aromatic heterocycles. The van der Waals surface area contributed by atoms with Crippen LogP contribution in [0.3, 0.4) is 0 Å². The van der Waals surface area contributed by atoms with Gasteiger partial charge in [0.2, 0.25) is 0 Å². The largest absolute Gasteiger partial charge is 0.355 e. The number of aryl methyl sites for hydroxylation is 1. The van der Waals surface area contributed by atoms with Crippen molar-refractivity contribution in [1.29, 1.82) is 0 Å². The maximum absolute atomic E-state index is 13.5. The SMILES string of the molecule is CC(=O)c1ccc(Nc2cc(C)nc3ccc(F)cc23)cc1. The molecule has 0 amide bonds. The molecule has 1 heterocycles. The van der Waals surface area contributed by atoms with E-state index in [1.54, 1.807) is 18.2 Å². The van der Waals surface area contributed by atoms with Gasteiger partial charge in [0, 0.05) is 28.0 Å². The molecule has 4 heteroatoms. The third kappa shape index (κ3) is 2.81. The van der Waals surface area contributed by atoms with Crippen LogP contribution in [0.2, 0.25) is 0 Å². The van der Waals surface area contributed by atoms with Crippen LogP contribution in [0, 0.1) is 12.7 Å². The van der Waals surface area contributed by atoms with Crippen molar-refractivity contribution >= 4 is 28.1 Å². The number of ketones is 1. The number of hydrogen-bond donors (Lipinski definition) is 1. The Kier molecular flexibility index (Phi) is 3.59. The second-order valence-corrected chi connectivity index (χ2v) is 5.23. The lowest BCUT2D eigenvalue weighted by atomic mass is 10.1. The molecule has 0 bridgehead atoms. The minimum absolute atomic E-state index is 0.0267. The van der Waals surface area contributed by atoms with E-state index in [9.17, 15) is 9.18 Å². The van der Waals surface area contributed by atoms with Gasteiger partial charge in [0.1, 0.15) is 5.82 Å². The van der Waals surface area contributed by atoms with Crippen LogP contribution in [0.25, 0.3) is 10.9 Å². The lowest BCUT2D eigenvalue weighted by Gasteiger charge is -2.11. The highest BCUT2D eigenvalue weighted by molar-refractivity contribution is 5.95. The molecule has 0 saturated heterocycles. The summed E-state index contributed by atoms with van der Waals surface area (Å²) in [5.41, 5.74) is 3.87. The van der Waals surface area contributed by atoms with Gasteiger partial charge in [-0.3, -0.25) is 9.78 Å². The number of benzene rings is 2. The van der Waals surface area contributed by atoms with Crippen molar-refractivity contribution in [3.05, 3.63) is 65.6 Å². The predicted molar refractivity (Wildman–Crippen MR) is 86.2 cm³/mol. The molecule has 0 radical (unpaired) electrons. The van der Waals surface area contributed by atoms with E-state index in [4.69, 9.17) is 0 Å². The number of rotatable bonds is 3. The van der Waals surface area contributed by atoms with Crippen molar-refractivity contribution < 1.29 is 9.18 Å². The van der Waals surface area contributed by atoms with Gasteiger partial charge in [-0.1, -0.05) is 0 Å². The minimum Gasteiger partial charge on any atom is -0.355 e. The number of nitrogens with one attached hydrogen (secondary N) is 1. The van der Waals surface area contributed by atoms with E-state index in [0.29, 0.717) is 5.56 Å². The van der Waals surface area contributed by atoms with Crippen LogP contribution < -0.4 is 5.32 Å². The molecular formula is C18H15FN2O. The molecule has 0 aliphatic heterocycles. The molecule has 0 unspecified atom stereocenters. The summed E-state index contributed by atoms with van der Waals surface area (Å²) in [6.45, 7) is 3.43. The summed E-state index contributed by atoms with van der Waals surface area (Å²) in [6.07, 6.45) is 0. The fraction of sp³-hybridized carbons (Fsp3) is 0.111. The maximum Gasteiger partial charge on any atom is 0.159 e. The van der Waals surface area contributed by atoms with E-state index in [1.165, 1.54) is 19.1 Å². The number of pyridine rings is 1. The number of nitrogens with zero attached hydrogens (tertiary/aromatic N) is 1. The van der Waals surface area contributed by atoms with E-state index < -0.39 is 0 Å². The van der Waals surface area contributed by atoms with Gasteiger partial charge >= 0.3 is 0 Å². The highest BCUT2D eigenvalue weighted by Gasteiger charge is 2.06. The molecule has 3 nitrogen and oxygen atoms in total. The topological polar surface area (TPSA) is 42.0 Å². The fourth-order valence-electron chi connectivity index (χ4n) is 2.38. The van der Waals surface area contributed by atoms with Crippen LogP contribution in [0.5, 0.6) is 0 Å². The first-order chi connectivity index (χ1) is 10.5. The second-order valence-electron chi connectivity index (χ2n) is 5.23. The molecule has 3 rings (SSSR count). The lowest BCUT2D eigenvalue weighted by molar-refractivity contribution is 0.101. The molecule has 22 heavy (non-hydrogen) atoms. The van der Waals surface area contributed by atoms with Crippen molar-refractivity contribution in [3.63, 3.8) is 0 Å². The third-order valence-electron chi connectivity index (χ3n) is 3.47. The van der Waals surface area contributed by atoms with Crippen molar-refractivity contribution in [3.8, 4) is 0 Å². The Hall–Kier alpha value is -2.75. The summed E-state index contributed by atoms with van der Waals surface area (Å²) in [4.78, 5) is 15.7. The third-order valence-corrected chi connectivity index (χ3v) is 3.47. The van der Waals surface area contributed by atoms with Gasteiger partial charge in [-0.25, -0.2) is 4.39 Å². The maximum atomic E-state index is 13.5. The molecule has 0 aliphatic carbocycles. The smallest absolute Gasteiger partial charge is 0.159 e. The zero-order valence-corrected chi connectivity index (χ0v) is 12.4. The van der Waals surface area contributed by atoms with Gasteiger partial charge in [0.15, 0.2) is 5.78 Å². The first kappa shape index (κ1) is 14.2. The summed E-state index contributed by atoms with van der Waals surface area (Å²) in [7, 11) is 0. The van der Waals surface area contributed by atoms with Crippen molar-refractivity contribution in [2.75, 3.05) is 5.32 Å². The van der Waals surface area contributed by atoms with Crippen molar-refractivity contribution in [2.45, 2.75) is 13.8 Å². The molecule has 0 aliphatic rings. The number of aromatic nitrogens is 1. The Morgan fingerprint density at radius 2 is 1.82 bits per heavy atom. The Labute approximate surface area is 127 Å². The summed E-state index contributed by atoms with van der Waals surface area (Å²) >= 11 is 0. The first-order valence-corrected chi connectivity index (χ1v) is 6.98. The molecule has 0 spiro atoms. The predicted octanol–water partition coefficient (Wildman–Crippen LogP) is 4.63. The van der Waals surface area contributed by atoms with E-state index >= 15 is 0 Å². The highest BCUT2D eigenvalue weighted by atomic mass is 19.1. The normalized spacial score (nSPS) is 10.7. The monoisotopic (exact) mass is 294 g/mol. The van der Waals surface area contributed by atoms with Gasteiger partial charge < -0.3 is 5.32 Å². The van der Waals surface area contributed by atoms with Gasteiger partial charge in [0.25, 0.3) is 0 Å². The molecule has 1 N–H and O–H groups in total. The average molecular weight is 294 g/mol. The van der Waals surface area contributed by atoms with Gasteiger partial charge in [-0.2, -0.15) is 0 Å². The Bertz CT molecular complexity index is 857. The standard InChI is InChI=1S/C18H15FN2O/c1-11-9-18(16-10-14(19)5-8-17(16)20-11)21-15-6-3-13(4-7-15)12(2)22/h3-10H,1-2H3,(H,20,21). The van der Waals surface area contributed by atoms with Crippen molar-refractivity contribution in [2.24, 2.45) is 0 Å². The minimum atomic E-state index is -0.298. The lowest BCUT2D eigenvalue weighted by Crippen LogP contribution is -1.96. The molecule has 0 saturated carbocycles. The van der Waals surface area contributed by atoms with Gasteiger partial charge in [-0.15, -0.1) is 0 Å². The van der Waals surface area contributed by atoms with Crippen LogP contribution in [-0.2, 0) is 0 Å². The number of anilines is 2. The summed E-state index contributed by atoms with van der Waals surface area (Å²) in [5.74, 6) is -0.271. The molecule has 2 aromatic carbocycles. The summed E-state index contributed by atoms with van der Waals surface area (Å²) in [5, 5.41) is 3.99. The van der Waals surface area contributed by atoms with Crippen LogP contribution in [0.15, 0.2) is 48.5 Å². The molecule has 0 fully saturated rings. The van der Waals surface area contributed by atoms with Crippen molar-refractivity contribution in [1.82, 2.24) is 4.98 Å². The molecular weight excluding hydrogens is 279 g/mol. The number of fused-ring (bicyclic) bond motifs is 1. The van der Waals surface area contributed by atoms with Gasteiger partial charge in [-0.05, 0) is 62.4 Å². The van der Waals surface area contributed by atoms with E-state index in [2.05, 4.69) is 10.3 Å². The second kappa shape index (κ2) is 5.56. The van der Waals surface area contributed by atoms with E-state index in [0.717, 1.165) is 28.0 Å². The van der Waals surface area contributed by atoms with Crippen LogP contribution in [0.4, 0.5) is 15.8 Å². The van der Waals surface area contributed by atoms with Crippen LogP contribution >= 0.6 is 0 Å². The van der Waals surface area contributed by atoms with E-state index in [1.807, 2.05) is 25.1 Å².